The van der Waals surface area contributed by atoms with Crippen LogP contribution in [0, 0.1) is 0 Å². The van der Waals surface area contributed by atoms with Crippen molar-refractivity contribution in [1.82, 2.24) is 29.9 Å². The lowest BCUT2D eigenvalue weighted by Gasteiger charge is -2.13. The average Bonchev–Trinajstić information content (AvgIpc) is 3.61. The number of benzene rings is 2. The first-order valence-corrected chi connectivity index (χ1v) is 10.7. The molecule has 4 aromatic rings. The van der Waals surface area contributed by atoms with E-state index >= 15 is 0 Å². The minimum Gasteiger partial charge on any atom is -0.493 e. The molecule has 1 amide bonds. The van der Waals surface area contributed by atoms with Crippen molar-refractivity contribution in [3.05, 3.63) is 66.0 Å². The molecule has 3 heterocycles. The van der Waals surface area contributed by atoms with Crippen molar-refractivity contribution < 1.29 is 23.8 Å². The lowest BCUT2D eigenvalue weighted by Crippen LogP contribution is -2.15. The third-order valence-corrected chi connectivity index (χ3v) is 5.46. The normalized spacial score (nSPS) is 14.3. The molecule has 12 heteroatoms. The average molecular weight is 475 g/mol. The van der Waals surface area contributed by atoms with Gasteiger partial charge in [-0.3, -0.25) is 9.89 Å². The van der Waals surface area contributed by atoms with E-state index in [9.17, 15) is 9.59 Å². The Bertz CT molecular complexity index is 1380. The topological polar surface area (TPSA) is 146 Å². The van der Waals surface area contributed by atoms with Crippen LogP contribution in [0.25, 0.3) is 11.4 Å². The molecule has 178 valence electrons. The van der Waals surface area contributed by atoms with Gasteiger partial charge in [-0.15, -0.1) is 0 Å². The van der Waals surface area contributed by atoms with Crippen LogP contribution in [-0.4, -0.2) is 56.0 Å². The monoisotopic (exact) mass is 475 g/mol. The van der Waals surface area contributed by atoms with Gasteiger partial charge in [-0.2, -0.15) is 10.2 Å². The van der Waals surface area contributed by atoms with E-state index in [4.69, 9.17) is 14.2 Å². The van der Waals surface area contributed by atoms with Crippen molar-refractivity contribution in [2.75, 3.05) is 19.5 Å². The fourth-order valence-electron chi connectivity index (χ4n) is 3.90. The number of nitrogens with one attached hydrogen (secondary N) is 2. The molecule has 0 fully saturated rings. The van der Waals surface area contributed by atoms with Crippen molar-refractivity contribution in [3.8, 4) is 22.9 Å². The number of hydrogen-bond acceptors (Lipinski definition) is 9. The molecule has 12 nitrogen and oxygen atoms in total. The number of ether oxygens (including phenoxy) is 3. The van der Waals surface area contributed by atoms with E-state index in [0.717, 1.165) is 5.56 Å². The highest BCUT2D eigenvalue weighted by Crippen LogP contribution is 2.43. The largest absolute Gasteiger partial charge is 0.493 e. The van der Waals surface area contributed by atoms with Crippen LogP contribution in [0.1, 0.15) is 34.3 Å². The van der Waals surface area contributed by atoms with Crippen LogP contribution in [0.5, 0.6) is 11.5 Å². The van der Waals surface area contributed by atoms with Crippen LogP contribution < -0.4 is 14.8 Å². The number of rotatable bonds is 8. The number of fused-ring (bicyclic) bond motifs is 1. The van der Waals surface area contributed by atoms with Crippen molar-refractivity contribution in [2.24, 2.45) is 0 Å². The van der Waals surface area contributed by atoms with Crippen LogP contribution in [0.2, 0.25) is 0 Å². The maximum absolute atomic E-state index is 12.8. The van der Waals surface area contributed by atoms with E-state index in [0.29, 0.717) is 40.9 Å². The van der Waals surface area contributed by atoms with E-state index in [2.05, 4.69) is 30.6 Å². The number of anilines is 1. The number of H-pyrrole nitrogens is 1. The van der Waals surface area contributed by atoms with Gasteiger partial charge >= 0.3 is 5.97 Å². The first-order valence-electron chi connectivity index (χ1n) is 10.7. The van der Waals surface area contributed by atoms with Crippen molar-refractivity contribution in [2.45, 2.75) is 19.1 Å². The zero-order chi connectivity index (χ0) is 24.4. The van der Waals surface area contributed by atoms with E-state index < -0.39 is 12.1 Å². The lowest BCUT2D eigenvalue weighted by molar-refractivity contribution is -0.118. The highest BCUT2D eigenvalue weighted by atomic mass is 16.6. The van der Waals surface area contributed by atoms with Gasteiger partial charge in [0.1, 0.15) is 36.7 Å². The smallest absolute Gasteiger partial charge is 0.343 e. The molecule has 1 atom stereocenters. The molecule has 2 aromatic carbocycles. The van der Waals surface area contributed by atoms with Gasteiger partial charge in [0.15, 0.2) is 17.3 Å². The Morgan fingerprint density at radius 2 is 2.11 bits per heavy atom. The Labute approximate surface area is 199 Å². The molecular formula is C23H21N7O5. The molecule has 0 aliphatic carbocycles. The summed E-state index contributed by atoms with van der Waals surface area (Å²) in [5.41, 5.74) is 2.14. The number of hydrogen-bond donors (Lipinski definition) is 2. The molecule has 0 unspecified atom stereocenters. The molecule has 0 radical (unpaired) electrons. The van der Waals surface area contributed by atoms with Crippen LogP contribution in [0.4, 0.5) is 5.69 Å². The van der Waals surface area contributed by atoms with Gasteiger partial charge in [-0.1, -0.05) is 18.2 Å². The van der Waals surface area contributed by atoms with Gasteiger partial charge in [-0.05, 0) is 18.2 Å². The summed E-state index contributed by atoms with van der Waals surface area (Å²) in [5, 5.41) is 14.0. The van der Waals surface area contributed by atoms with Crippen molar-refractivity contribution >= 4 is 17.6 Å². The van der Waals surface area contributed by atoms with Crippen molar-refractivity contribution in [3.63, 3.8) is 0 Å². The van der Waals surface area contributed by atoms with Crippen LogP contribution in [0.3, 0.4) is 0 Å². The van der Waals surface area contributed by atoms with Gasteiger partial charge in [0.25, 0.3) is 0 Å². The predicted octanol–water partition coefficient (Wildman–Crippen LogP) is 2.37. The second-order valence-corrected chi connectivity index (χ2v) is 7.69. The highest BCUT2D eigenvalue weighted by molar-refractivity contribution is 5.99. The fraction of sp³-hybridized carbons (Fsp3) is 0.217. The molecule has 1 aliphatic heterocycles. The Balaban J connectivity index is 1.28. The number of nitrogens with zero attached hydrogens (tertiary/aromatic N) is 5. The summed E-state index contributed by atoms with van der Waals surface area (Å²) in [6.07, 6.45) is 2.25. The standard InChI is InChI=1S/C23H21N7O5/c1-33-16-7-6-15-17(35-23(32)20(15)21(16)34-2)9-19(31)26-14-5-3-4-13(8-14)22-27-18(28-29-22)10-30-12-24-11-25-30/h3-8,11-12,17H,9-10H2,1-2H3,(H,26,31)(H,27,28,29)/t17-/m0/s1. The zero-order valence-corrected chi connectivity index (χ0v) is 18.9. The first kappa shape index (κ1) is 22.1. The molecule has 0 saturated carbocycles. The summed E-state index contributed by atoms with van der Waals surface area (Å²) < 4.78 is 17.7. The SMILES string of the molecule is COc1ccc2c(c1OC)C(=O)O[C@H]2CC(=O)Nc1cccc(-c2n[nH]c(Cn3cncn3)n2)c1. The van der Waals surface area contributed by atoms with Gasteiger partial charge in [0, 0.05) is 16.8 Å². The van der Waals surface area contributed by atoms with Crippen LogP contribution >= 0.6 is 0 Å². The number of cyclic esters (lactones) is 1. The summed E-state index contributed by atoms with van der Waals surface area (Å²) in [4.78, 5) is 33.6. The van der Waals surface area contributed by atoms with Gasteiger partial charge in [-0.25, -0.2) is 19.4 Å². The molecular weight excluding hydrogens is 454 g/mol. The summed E-state index contributed by atoms with van der Waals surface area (Å²) >= 11 is 0. The summed E-state index contributed by atoms with van der Waals surface area (Å²) in [6, 6.07) is 10.5. The molecule has 0 spiro atoms. The van der Waals surface area contributed by atoms with E-state index in [1.807, 2.05) is 6.07 Å². The fourth-order valence-corrected chi connectivity index (χ4v) is 3.90. The number of methoxy groups -OCH3 is 2. The minimum absolute atomic E-state index is 0.0544. The van der Waals surface area contributed by atoms with Gasteiger partial charge < -0.3 is 19.5 Å². The molecule has 5 rings (SSSR count). The van der Waals surface area contributed by atoms with Crippen LogP contribution in [0.15, 0.2) is 49.1 Å². The number of carbonyl (C=O) groups excluding carboxylic acids is 2. The Morgan fingerprint density at radius 1 is 1.23 bits per heavy atom. The Kier molecular flexibility index (Phi) is 5.83. The highest BCUT2D eigenvalue weighted by Gasteiger charge is 2.36. The van der Waals surface area contributed by atoms with Crippen molar-refractivity contribution in [1.29, 1.82) is 0 Å². The summed E-state index contributed by atoms with van der Waals surface area (Å²) in [6.45, 7) is 0.404. The van der Waals surface area contributed by atoms with Crippen LogP contribution in [-0.2, 0) is 16.1 Å². The van der Waals surface area contributed by atoms with Gasteiger partial charge in [0.05, 0.1) is 20.6 Å². The molecule has 0 bridgehead atoms. The number of esters is 1. The molecule has 1 aliphatic rings. The molecule has 0 saturated heterocycles. The summed E-state index contributed by atoms with van der Waals surface area (Å²) in [7, 11) is 2.93. The maximum Gasteiger partial charge on any atom is 0.343 e. The van der Waals surface area contributed by atoms with Gasteiger partial charge in [0.2, 0.25) is 5.91 Å². The quantitative estimate of drug-likeness (QED) is 0.367. The van der Waals surface area contributed by atoms with E-state index in [1.54, 1.807) is 41.3 Å². The van der Waals surface area contributed by atoms with E-state index in [-0.39, 0.29) is 17.9 Å². The number of aromatic nitrogens is 6. The lowest BCUT2D eigenvalue weighted by atomic mass is 10.0. The number of carbonyl (C=O) groups is 2. The maximum atomic E-state index is 12.8. The predicted molar refractivity (Wildman–Crippen MR) is 122 cm³/mol. The molecule has 2 aromatic heterocycles. The third-order valence-electron chi connectivity index (χ3n) is 5.46. The zero-order valence-electron chi connectivity index (χ0n) is 18.9. The second kappa shape index (κ2) is 9.25. The third kappa shape index (κ3) is 4.40. The summed E-state index contributed by atoms with van der Waals surface area (Å²) in [5.74, 6) is 0.942. The first-order chi connectivity index (χ1) is 17.1. The Morgan fingerprint density at radius 3 is 2.89 bits per heavy atom. The second-order valence-electron chi connectivity index (χ2n) is 7.69. The Hall–Kier alpha value is -4.74. The molecule has 2 N–H and O–H groups in total. The molecule has 35 heavy (non-hydrogen) atoms. The number of aromatic amines is 1. The minimum atomic E-state index is -0.729. The van der Waals surface area contributed by atoms with E-state index in [1.165, 1.54) is 20.5 Å². The number of amides is 1.